The smallest absolute Gasteiger partial charge is 0.135 e. The van der Waals surface area contributed by atoms with Crippen molar-refractivity contribution in [1.29, 1.82) is 0 Å². The van der Waals surface area contributed by atoms with E-state index in [9.17, 15) is 9.50 Å². The molecule has 1 aliphatic carbocycles. The summed E-state index contributed by atoms with van der Waals surface area (Å²) >= 11 is 1.11. The van der Waals surface area contributed by atoms with Crippen LogP contribution in [0.15, 0.2) is 22.9 Å². The number of allylic oxidation sites excluding steroid dienone is 2. The van der Waals surface area contributed by atoms with Gasteiger partial charge < -0.3 is 10.2 Å². The Labute approximate surface area is 68.4 Å². The zero-order valence-electron chi connectivity index (χ0n) is 5.99. The van der Waals surface area contributed by atoms with E-state index in [1.165, 1.54) is 12.2 Å². The van der Waals surface area contributed by atoms with Crippen LogP contribution in [0.1, 0.15) is 0 Å². The zero-order chi connectivity index (χ0) is 8.43. The summed E-state index contributed by atoms with van der Waals surface area (Å²) in [4.78, 5) is 0.194. The molecule has 0 saturated carbocycles. The van der Waals surface area contributed by atoms with E-state index in [0.717, 1.165) is 11.8 Å². The third-order valence-electron chi connectivity index (χ3n) is 1.49. The predicted octanol–water partition coefficient (Wildman–Crippen LogP) is 0.822. The molecule has 1 aliphatic rings. The molecule has 0 amide bonds. The fourth-order valence-corrected chi connectivity index (χ4v) is 1.53. The van der Waals surface area contributed by atoms with E-state index in [-0.39, 0.29) is 4.91 Å². The maximum atomic E-state index is 12.8. The van der Waals surface area contributed by atoms with Gasteiger partial charge in [-0.1, -0.05) is 6.08 Å². The second kappa shape index (κ2) is 3.38. The molecule has 0 fully saturated rings. The van der Waals surface area contributed by atoms with Crippen LogP contribution in [0.3, 0.4) is 0 Å². The van der Waals surface area contributed by atoms with Gasteiger partial charge in [-0.2, -0.15) is 0 Å². The van der Waals surface area contributed by atoms with Crippen LogP contribution in [0.4, 0.5) is 4.39 Å². The standard InChI is InChI=1S/C7H9FO2S/c1-11-7-4(8)2-3-5(9)6(7)10/h2-3,5-6,9-10H,1H3/t5-,6-/m0/s1. The summed E-state index contributed by atoms with van der Waals surface area (Å²) in [6, 6.07) is 0. The Morgan fingerprint density at radius 2 is 2.18 bits per heavy atom. The molecule has 62 valence electrons. The van der Waals surface area contributed by atoms with Crippen LogP contribution in [-0.2, 0) is 0 Å². The fraction of sp³-hybridized carbons (Fsp3) is 0.429. The van der Waals surface area contributed by atoms with Gasteiger partial charge in [0.15, 0.2) is 0 Å². The lowest BCUT2D eigenvalue weighted by molar-refractivity contribution is 0.0748. The predicted molar refractivity (Wildman–Crippen MR) is 42.8 cm³/mol. The molecule has 2 atom stereocenters. The first-order valence-electron chi connectivity index (χ1n) is 3.15. The summed E-state index contributed by atoms with van der Waals surface area (Å²) in [7, 11) is 0. The van der Waals surface area contributed by atoms with Crippen LogP contribution < -0.4 is 0 Å². The van der Waals surface area contributed by atoms with E-state index in [0.29, 0.717) is 0 Å². The van der Waals surface area contributed by atoms with Gasteiger partial charge in [-0.3, -0.25) is 0 Å². The Morgan fingerprint density at radius 3 is 2.64 bits per heavy atom. The lowest BCUT2D eigenvalue weighted by Crippen LogP contribution is -2.27. The number of hydrogen-bond donors (Lipinski definition) is 2. The molecular formula is C7H9FO2S. The minimum absolute atomic E-state index is 0.194. The van der Waals surface area contributed by atoms with Gasteiger partial charge in [0.1, 0.15) is 18.0 Å². The van der Waals surface area contributed by atoms with Crippen molar-refractivity contribution in [1.82, 2.24) is 0 Å². The maximum Gasteiger partial charge on any atom is 0.135 e. The van der Waals surface area contributed by atoms with Gasteiger partial charge in [0, 0.05) is 0 Å². The molecule has 1 rings (SSSR count). The largest absolute Gasteiger partial charge is 0.386 e. The van der Waals surface area contributed by atoms with Crippen LogP contribution in [0, 0.1) is 0 Å². The third-order valence-corrected chi connectivity index (χ3v) is 2.36. The Hall–Kier alpha value is -0.320. The van der Waals surface area contributed by atoms with Gasteiger partial charge in [0.2, 0.25) is 0 Å². The summed E-state index contributed by atoms with van der Waals surface area (Å²) in [5, 5.41) is 18.2. The van der Waals surface area contributed by atoms with E-state index in [2.05, 4.69) is 0 Å². The molecule has 0 bridgehead atoms. The highest BCUT2D eigenvalue weighted by Gasteiger charge is 2.24. The van der Waals surface area contributed by atoms with E-state index in [1.54, 1.807) is 6.26 Å². The van der Waals surface area contributed by atoms with Crippen molar-refractivity contribution < 1.29 is 14.6 Å². The molecule has 2 nitrogen and oxygen atoms in total. The van der Waals surface area contributed by atoms with Crippen molar-refractivity contribution in [3.05, 3.63) is 22.9 Å². The lowest BCUT2D eigenvalue weighted by Gasteiger charge is -2.20. The third kappa shape index (κ3) is 1.64. The molecule has 2 N–H and O–H groups in total. The second-order valence-corrected chi connectivity index (χ2v) is 3.06. The number of aliphatic hydroxyl groups is 2. The number of halogens is 1. The maximum absolute atomic E-state index is 12.8. The van der Waals surface area contributed by atoms with E-state index in [1.807, 2.05) is 0 Å². The van der Waals surface area contributed by atoms with Gasteiger partial charge in [0.05, 0.1) is 4.91 Å². The SMILES string of the molecule is CSC1=C(F)C=C[C@H](O)[C@@H]1O. The van der Waals surface area contributed by atoms with Crippen molar-refractivity contribution in [2.75, 3.05) is 6.26 Å². The average Bonchev–Trinajstić information content (AvgIpc) is 1.99. The van der Waals surface area contributed by atoms with Crippen molar-refractivity contribution >= 4 is 11.8 Å². The highest BCUT2D eigenvalue weighted by Crippen LogP contribution is 2.28. The summed E-state index contributed by atoms with van der Waals surface area (Å²) in [5.74, 6) is -0.463. The van der Waals surface area contributed by atoms with E-state index >= 15 is 0 Å². The Bertz CT molecular complexity index is 212. The topological polar surface area (TPSA) is 40.5 Å². The molecule has 0 spiro atoms. The molecule has 0 saturated heterocycles. The lowest BCUT2D eigenvalue weighted by atomic mass is 10.1. The first-order chi connectivity index (χ1) is 5.16. The van der Waals surface area contributed by atoms with Gasteiger partial charge in [0.25, 0.3) is 0 Å². The van der Waals surface area contributed by atoms with Gasteiger partial charge in [-0.05, 0) is 12.3 Å². The Morgan fingerprint density at radius 1 is 1.55 bits per heavy atom. The summed E-state index contributed by atoms with van der Waals surface area (Å²) in [5.41, 5.74) is 0. The molecular weight excluding hydrogens is 167 g/mol. The van der Waals surface area contributed by atoms with Crippen molar-refractivity contribution in [2.45, 2.75) is 12.2 Å². The van der Waals surface area contributed by atoms with E-state index in [4.69, 9.17) is 5.11 Å². The van der Waals surface area contributed by atoms with Crippen LogP contribution in [0.25, 0.3) is 0 Å². The highest BCUT2D eigenvalue weighted by atomic mass is 32.2. The summed E-state index contributed by atoms with van der Waals surface area (Å²) in [6.45, 7) is 0. The number of rotatable bonds is 1. The Balaban J connectivity index is 2.89. The van der Waals surface area contributed by atoms with Crippen molar-refractivity contribution in [3.8, 4) is 0 Å². The molecule has 0 heterocycles. The first kappa shape index (κ1) is 8.77. The van der Waals surface area contributed by atoms with Gasteiger partial charge in [-0.25, -0.2) is 4.39 Å². The molecule has 0 radical (unpaired) electrons. The molecule has 0 aromatic heterocycles. The fourth-order valence-electron chi connectivity index (χ4n) is 0.885. The van der Waals surface area contributed by atoms with Crippen molar-refractivity contribution in [2.24, 2.45) is 0 Å². The molecule has 4 heteroatoms. The summed E-state index contributed by atoms with van der Waals surface area (Å²) in [6.07, 6.45) is 1.99. The molecule has 11 heavy (non-hydrogen) atoms. The van der Waals surface area contributed by atoms with Crippen LogP contribution in [0.5, 0.6) is 0 Å². The highest BCUT2D eigenvalue weighted by molar-refractivity contribution is 8.02. The Kier molecular flexibility index (Phi) is 2.70. The quantitative estimate of drug-likeness (QED) is 0.621. The normalized spacial score (nSPS) is 31.3. The van der Waals surface area contributed by atoms with Crippen LogP contribution in [0.2, 0.25) is 0 Å². The molecule has 0 unspecified atom stereocenters. The first-order valence-corrected chi connectivity index (χ1v) is 4.37. The second-order valence-electron chi connectivity index (χ2n) is 2.21. The summed E-state index contributed by atoms with van der Waals surface area (Å²) < 4.78 is 12.8. The van der Waals surface area contributed by atoms with E-state index < -0.39 is 18.0 Å². The molecule has 0 aromatic carbocycles. The van der Waals surface area contributed by atoms with Crippen LogP contribution in [-0.4, -0.2) is 28.7 Å². The van der Waals surface area contributed by atoms with Gasteiger partial charge in [-0.15, -0.1) is 11.8 Å². The monoisotopic (exact) mass is 176 g/mol. The average molecular weight is 176 g/mol. The number of thioether (sulfide) groups is 1. The van der Waals surface area contributed by atoms with Crippen molar-refractivity contribution in [3.63, 3.8) is 0 Å². The minimum atomic E-state index is -1.10. The zero-order valence-corrected chi connectivity index (χ0v) is 6.81. The van der Waals surface area contributed by atoms with Crippen LogP contribution >= 0.6 is 11.8 Å². The number of hydrogen-bond acceptors (Lipinski definition) is 3. The molecule has 0 aliphatic heterocycles. The molecule has 0 aromatic rings. The minimum Gasteiger partial charge on any atom is -0.386 e. The van der Waals surface area contributed by atoms with Gasteiger partial charge >= 0.3 is 0 Å². The number of aliphatic hydroxyl groups excluding tert-OH is 2.